The standard InChI is InChI=1S/C11H14ClNO2/c12-10-2-1-9(8-14)11(7-10)13-3-5-15-6-4-13/h1-2,7,14H,3-6,8H2. The van der Waals surface area contributed by atoms with E-state index in [4.69, 9.17) is 16.3 Å². The van der Waals surface area contributed by atoms with E-state index in [-0.39, 0.29) is 6.61 Å². The zero-order valence-corrected chi connectivity index (χ0v) is 9.20. The summed E-state index contributed by atoms with van der Waals surface area (Å²) in [5.74, 6) is 0. The highest BCUT2D eigenvalue weighted by molar-refractivity contribution is 6.30. The van der Waals surface area contributed by atoms with Crippen LogP contribution in [0.2, 0.25) is 5.02 Å². The van der Waals surface area contributed by atoms with Crippen molar-refractivity contribution in [2.45, 2.75) is 6.61 Å². The number of ether oxygens (including phenoxy) is 1. The summed E-state index contributed by atoms with van der Waals surface area (Å²) in [6.45, 7) is 3.22. The summed E-state index contributed by atoms with van der Waals surface area (Å²) < 4.78 is 5.29. The molecule has 82 valence electrons. The van der Waals surface area contributed by atoms with Gasteiger partial charge in [-0.25, -0.2) is 0 Å². The van der Waals surface area contributed by atoms with E-state index in [2.05, 4.69) is 4.90 Å². The van der Waals surface area contributed by atoms with Gasteiger partial charge in [-0.1, -0.05) is 17.7 Å². The minimum atomic E-state index is 0.0455. The molecule has 0 saturated carbocycles. The van der Waals surface area contributed by atoms with Crippen molar-refractivity contribution >= 4 is 17.3 Å². The number of rotatable bonds is 2. The first-order valence-electron chi connectivity index (χ1n) is 5.03. The molecule has 0 radical (unpaired) electrons. The summed E-state index contributed by atoms with van der Waals surface area (Å²) in [7, 11) is 0. The van der Waals surface area contributed by atoms with Gasteiger partial charge >= 0.3 is 0 Å². The Morgan fingerprint density at radius 3 is 2.73 bits per heavy atom. The molecule has 0 aromatic heterocycles. The molecule has 0 amide bonds. The quantitative estimate of drug-likeness (QED) is 0.835. The smallest absolute Gasteiger partial charge is 0.0702 e. The molecule has 1 aliphatic rings. The second kappa shape index (κ2) is 4.84. The summed E-state index contributed by atoms with van der Waals surface area (Å²) in [5.41, 5.74) is 1.94. The van der Waals surface area contributed by atoms with Gasteiger partial charge in [0.1, 0.15) is 0 Å². The third-order valence-corrected chi connectivity index (χ3v) is 2.80. The normalized spacial score (nSPS) is 16.8. The Hall–Kier alpha value is -0.770. The van der Waals surface area contributed by atoms with Crippen molar-refractivity contribution in [2.75, 3.05) is 31.2 Å². The second-order valence-electron chi connectivity index (χ2n) is 3.53. The van der Waals surface area contributed by atoms with Gasteiger partial charge < -0.3 is 14.7 Å². The number of benzene rings is 1. The third-order valence-electron chi connectivity index (χ3n) is 2.57. The molecule has 3 nitrogen and oxygen atoms in total. The topological polar surface area (TPSA) is 32.7 Å². The van der Waals surface area contributed by atoms with E-state index in [1.165, 1.54) is 0 Å². The number of nitrogens with zero attached hydrogens (tertiary/aromatic N) is 1. The van der Waals surface area contributed by atoms with Gasteiger partial charge in [0.2, 0.25) is 0 Å². The van der Waals surface area contributed by atoms with Crippen LogP contribution < -0.4 is 4.90 Å². The van der Waals surface area contributed by atoms with Gasteiger partial charge in [0.05, 0.1) is 19.8 Å². The van der Waals surface area contributed by atoms with E-state index in [9.17, 15) is 5.11 Å². The molecule has 15 heavy (non-hydrogen) atoms. The molecular formula is C11H14ClNO2. The lowest BCUT2D eigenvalue weighted by molar-refractivity contribution is 0.122. The van der Waals surface area contributed by atoms with Gasteiger partial charge in [0, 0.05) is 29.4 Å². The molecule has 1 N–H and O–H groups in total. The molecule has 0 aliphatic carbocycles. The summed E-state index contributed by atoms with van der Waals surface area (Å²) in [5, 5.41) is 9.94. The van der Waals surface area contributed by atoms with Crippen LogP contribution in [0, 0.1) is 0 Å². The minimum Gasteiger partial charge on any atom is -0.392 e. The summed E-state index contributed by atoms with van der Waals surface area (Å²) in [6.07, 6.45) is 0. The van der Waals surface area contributed by atoms with Crippen molar-refractivity contribution in [3.63, 3.8) is 0 Å². The Bertz CT molecular complexity index is 337. The molecule has 4 heteroatoms. The predicted molar refractivity (Wildman–Crippen MR) is 60.4 cm³/mol. The molecule has 0 atom stereocenters. The molecular weight excluding hydrogens is 214 g/mol. The van der Waals surface area contributed by atoms with Crippen molar-refractivity contribution in [3.8, 4) is 0 Å². The molecule has 1 heterocycles. The molecule has 2 rings (SSSR count). The Kier molecular flexibility index (Phi) is 3.46. The van der Waals surface area contributed by atoms with Gasteiger partial charge in [-0.05, 0) is 12.1 Å². The summed E-state index contributed by atoms with van der Waals surface area (Å²) in [4.78, 5) is 2.20. The van der Waals surface area contributed by atoms with Gasteiger partial charge in [-0.2, -0.15) is 0 Å². The monoisotopic (exact) mass is 227 g/mol. The minimum absolute atomic E-state index is 0.0455. The maximum absolute atomic E-state index is 9.24. The van der Waals surface area contributed by atoms with Gasteiger partial charge in [0.15, 0.2) is 0 Å². The number of halogens is 1. The average Bonchev–Trinajstić information content (AvgIpc) is 2.30. The van der Waals surface area contributed by atoms with Crippen LogP contribution >= 0.6 is 11.6 Å². The van der Waals surface area contributed by atoms with Crippen LogP contribution in [0.1, 0.15) is 5.56 Å². The Morgan fingerprint density at radius 1 is 1.33 bits per heavy atom. The van der Waals surface area contributed by atoms with E-state index >= 15 is 0 Å². The lowest BCUT2D eigenvalue weighted by Gasteiger charge is -2.30. The van der Waals surface area contributed by atoms with Gasteiger partial charge in [-0.3, -0.25) is 0 Å². The lowest BCUT2D eigenvalue weighted by Crippen LogP contribution is -2.36. The zero-order valence-electron chi connectivity index (χ0n) is 8.45. The number of hydrogen-bond donors (Lipinski definition) is 1. The van der Waals surface area contributed by atoms with Crippen molar-refractivity contribution in [1.82, 2.24) is 0 Å². The molecule has 1 saturated heterocycles. The highest BCUT2D eigenvalue weighted by Crippen LogP contribution is 2.25. The van der Waals surface area contributed by atoms with Gasteiger partial charge in [-0.15, -0.1) is 0 Å². The number of morpholine rings is 1. The fourth-order valence-corrected chi connectivity index (χ4v) is 1.94. The van der Waals surface area contributed by atoms with E-state index in [1.807, 2.05) is 12.1 Å². The number of aliphatic hydroxyl groups is 1. The number of hydrogen-bond acceptors (Lipinski definition) is 3. The largest absolute Gasteiger partial charge is 0.392 e. The Morgan fingerprint density at radius 2 is 2.07 bits per heavy atom. The Balaban J connectivity index is 2.27. The van der Waals surface area contributed by atoms with E-state index < -0.39 is 0 Å². The van der Waals surface area contributed by atoms with Crippen LogP contribution in [-0.4, -0.2) is 31.4 Å². The van der Waals surface area contributed by atoms with Crippen molar-refractivity contribution in [1.29, 1.82) is 0 Å². The zero-order chi connectivity index (χ0) is 10.7. The number of aliphatic hydroxyl groups excluding tert-OH is 1. The maximum Gasteiger partial charge on any atom is 0.0702 e. The predicted octanol–water partition coefficient (Wildman–Crippen LogP) is 1.67. The molecule has 1 aromatic rings. The third kappa shape index (κ3) is 2.43. The van der Waals surface area contributed by atoms with Crippen LogP contribution in [-0.2, 0) is 11.3 Å². The molecule has 1 aliphatic heterocycles. The maximum atomic E-state index is 9.24. The second-order valence-corrected chi connectivity index (χ2v) is 3.97. The van der Waals surface area contributed by atoms with Crippen LogP contribution in [0.5, 0.6) is 0 Å². The first-order valence-corrected chi connectivity index (χ1v) is 5.41. The van der Waals surface area contributed by atoms with Crippen LogP contribution in [0.3, 0.4) is 0 Å². The fraction of sp³-hybridized carbons (Fsp3) is 0.455. The first-order chi connectivity index (χ1) is 7.31. The number of anilines is 1. The van der Waals surface area contributed by atoms with E-state index in [0.29, 0.717) is 5.02 Å². The molecule has 1 fully saturated rings. The molecule has 0 bridgehead atoms. The van der Waals surface area contributed by atoms with E-state index in [0.717, 1.165) is 37.6 Å². The lowest BCUT2D eigenvalue weighted by atomic mass is 10.1. The summed E-state index contributed by atoms with van der Waals surface area (Å²) >= 11 is 5.95. The van der Waals surface area contributed by atoms with Crippen LogP contribution in [0.4, 0.5) is 5.69 Å². The van der Waals surface area contributed by atoms with Crippen LogP contribution in [0.15, 0.2) is 18.2 Å². The SMILES string of the molecule is OCc1ccc(Cl)cc1N1CCOCC1. The van der Waals surface area contributed by atoms with Crippen molar-refractivity contribution in [3.05, 3.63) is 28.8 Å². The molecule has 0 unspecified atom stereocenters. The average molecular weight is 228 g/mol. The fourth-order valence-electron chi connectivity index (χ4n) is 1.77. The van der Waals surface area contributed by atoms with Crippen molar-refractivity contribution < 1.29 is 9.84 Å². The first kappa shape index (κ1) is 10.7. The van der Waals surface area contributed by atoms with Crippen LogP contribution in [0.25, 0.3) is 0 Å². The highest BCUT2D eigenvalue weighted by atomic mass is 35.5. The van der Waals surface area contributed by atoms with Crippen molar-refractivity contribution in [2.24, 2.45) is 0 Å². The summed E-state index contributed by atoms with van der Waals surface area (Å²) in [6, 6.07) is 5.57. The Labute approximate surface area is 94.2 Å². The van der Waals surface area contributed by atoms with Gasteiger partial charge in [0.25, 0.3) is 0 Å². The van der Waals surface area contributed by atoms with E-state index in [1.54, 1.807) is 6.07 Å². The molecule has 1 aromatic carbocycles. The highest BCUT2D eigenvalue weighted by Gasteiger charge is 2.14. The molecule has 0 spiro atoms.